The van der Waals surface area contributed by atoms with E-state index in [0.29, 0.717) is 6.54 Å². The van der Waals surface area contributed by atoms with Crippen molar-refractivity contribution < 1.29 is 9.53 Å². The van der Waals surface area contributed by atoms with Crippen molar-refractivity contribution in [3.05, 3.63) is 53.1 Å². The van der Waals surface area contributed by atoms with Crippen LogP contribution in [0.25, 0.3) is 0 Å². The van der Waals surface area contributed by atoms with Crippen molar-refractivity contribution >= 4 is 17.4 Å². The van der Waals surface area contributed by atoms with Crippen molar-refractivity contribution in [2.45, 2.75) is 33.8 Å². The predicted octanol–water partition coefficient (Wildman–Crippen LogP) is 4.43. The van der Waals surface area contributed by atoms with E-state index in [1.807, 2.05) is 58.0 Å². The van der Waals surface area contributed by atoms with E-state index < -0.39 is 0 Å². The highest BCUT2D eigenvalue weighted by Gasteiger charge is 2.27. The Morgan fingerprint density at radius 1 is 1.09 bits per heavy atom. The number of fused-ring (bicyclic) bond motifs is 1. The second-order valence-electron chi connectivity index (χ2n) is 6.32. The fourth-order valence-corrected chi connectivity index (χ4v) is 2.98. The Hall–Kier alpha value is -2.49. The van der Waals surface area contributed by atoms with Crippen LogP contribution in [0.5, 0.6) is 5.75 Å². The van der Waals surface area contributed by atoms with Gasteiger partial charge in [-0.05, 0) is 68.7 Å². The maximum atomic E-state index is 12.8. The van der Waals surface area contributed by atoms with E-state index in [-0.39, 0.29) is 12.1 Å². The van der Waals surface area contributed by atoms with Crippen LogP contribution in [0.1, 0.15) is 23.6 Å². The van der Waals surface area contributed by atoms with Gasteiger partial charge in [-0.1, -0.05) is 12.1 Å². The van der Waals surface area contributed by atoms with Gasteiger partial charge >= 0.3 is 6.03 Å². The van der Waals surface area contributed by atoms with Gasteiger partial charge in [0.1, 0.15) is 11.9 Å². The first-order chi connectivity index (χ1) is 10.9. The zero-order valence-corrected chi connectivity index (χ0v) is 14.0. The predicted molar refractivity (Wildman–Crippen MR) is 93.5 cm³/mol. The number of aryl methyl sites for hydroxylation is 3. The molecule has 1 aliphatic heterocycles. The molecule has 0 radical (unpaired) electrons. The van der Waals surface area contributed by atoms with Crippen molar-refractivity contribution in [2.24, 2.45) is 0 Å². The summed E-state index contributed by atoms with van der Waals surface area (Å²) in [6.07, 6.45) is -0.0322. The van der Waals surface area contributed by atoms with Crippen LogP contribution in [0.15, 0.2) is 36.4 Å². The highest BCUT2D eigenvalue weighted by Crippen LogP contribution is 2.34. The van der Waals surface area contributed by atoms with Crippen molar-refractivity contribution in [3.8, 4) is 5.75 Å². The highest BCUT2D eigenvalue weighted by atomic mass is 16.5. The van der Waals surface area contributed by atoms with Gasteiger partial charge in [0.05, 0.1) is 12.2 Å². The lowest BCUT2D eigenvalue weighted by molar-refractivity contribution is 0.208. The van der Waals surface area contributed by atoms with Crippen LogP contribution in [0.3, 0.4) is 0 Å². The number of carbonyl (C=O) groups is 1. The molecule has 1 N–H and O–H groups in total. The van der Waals surface area contributed by atoms with Gasteiger partial charge in [-0.15, -0.1) is 0 Å². The van der Waals surface area contributed by atoms with Crippen LogP contribution in [-0.2, 0) is 0 Å². The molecule has 0 bridgehead atoms. The molecule has 2 amide bonds. The Kier molecular flexibility index (Phi) is 3.99. The molecule has 120 valence electrons. The maximum Gasteiger partial charge on any atom is 0.326 e. The lowest BCUT2D eigenvalue weighted by Crippen LogP contribution is -2.44. The lowest BCUT2D eigenvalue weighted by Gasteiger charge is -2.33. The monoisotopic (exact) mass is 310 g/mol. The molecule has 1 heterocycles. The first-order valence-corrected chi connectivity index (χ1v) is 7.86. The molecule has 1 atom stereocenters. The molecule has 2 aromatic carbocycles. The largest absolute Gasteiger partial charge is 0.487 e. The molecule has 0 saturated carbocycles. The van der Waals surface area contributed by atoms with E-state index in [0.717, 1.165) is 33.8 Å². The van der Waals surface area contributed by atoms with Crippen molar-refractivity contribution in [1.29, 1.82) is 0 Å². The van der Waals surface area contributed by atoms with Crippen LogP contribution < -0.4 is 15.0 Å². The van der Waals surface area contributed by atoms with Gasteiger partial charge in [-0.2, -0.15) is 0 Å². The number of amides is 2. The summed E-state index contributed by atoms with van der Waals surface area (Å²) in [6.45, 7) is 8.57. The number of carbonyl (C=O) groups excluding carboxylic acids is 1. The molecule has 0 aliphatic carbocycles. The molecule has 0 aromatic heterocycles. The Labute approximate surface area is 137 Å². The molecule has 3 rings (SSSR count). The molecule has 1 aliphatic rings. The van der Waals surface area contributed by atoms with Gasteiger partial charge in [0.25, 0.3) is 0 Å². The maximum absolute atomic E-state index is 12.8. The lowest BCUT2D eigenvalue weighted by atomic mass is 10.1. The van der Waals surface area contributed by atoms with E-state index in [4.69, 9.17) is 4.74 Å². The third-order valence-corrected chi connectivity index (χ3v) is 3.89. The molecule has 0 fully saturated rings. The standard InChI is InChI=1S/C19H22N2O2/c1-12-5-6-18-17(10-12)21(11-15(4)23-18)19(22)20-16-8-13(2)7-14(3)9-16/h5-10,15H,11H2,1-4H3,(H,20,22). The number of nitrogens with one attached hydrogen (secondary N) is 1. The molecular weight excluding hydrogens is 288 g/mol. The van der Waals surface area contributed by atoms with E-state index in [1.54, 1.807) is 4.90 Å². The van der Waals surface area contributed by atoms with Crippen LogP contribution >= 0.6 is 0 Å². The Morgan fingerprint density at radius 2 is 1.78 bits per heavy atom. The Bertz CT molecular complexity index is 735. The number of ether oxygens (including phenoxy) is 1. The number of hydrogen-bond acceptors (Lipinski definition) is 2. The summed E-state index contributed by atoms with van der Waals surface area (Å²) < 4.78 is 5.83. The fraction of sp³-hybridized carbons (Fsp3) is 0.316. The quantitative estimate of drug-likeness (QED) is 0.846. The van der Waals surface area contributed by atoms with Crippen molar-refractivity contribution in [2.75, 3.05) is 16.8 Å². The van der Waals surface area contributed by atoms with Crippen LogP contribution in [0.4, 0.5) is 16.2 Å². The minimum atomic E-state index is -0.128. The molecule has 4 heteroatoms. The summed E-state index contributed by atoms with van der Waals surface area (Å²) in [6, 6.07) is 11.8. The molecular formula is C19H22N2O2. The van der Waals surface area contributed by atoms with Crippen molar-refractivity contribution in [3.63, 3.8) is 0 Å². The molecule has 1 unspecified atom stereocenters. The Balaban J connectivity index is 1.89. The third-order valence-electron chi connectivity index (χ3n) is 3.89. The van der Waals surface area contributed by atoms with Gasteiger partial charge in [-0.25, -0.2) is 4.79 Å². The number of nitrogens with zero attached hydrogens (tertiary/aromatic N) is 1. The molecule has 0 spiro atoms. The fourth-order valence-electron chi connectivity index (χ4n) is 2.98. The summed E-state index contributed by atoms with van der Waals surface area (Å²) in [5, 5.41) is 3.01. The molecule has 2 aromatic rings. The van der Waals surface area contributed by atoms with E-state index in [9.17, 15) is 4.79 Å². The summed E-state index contributed by atoms with van der Waals surface area (Å²) in [7, 11) is 0. The number of rotatable bonds is 1. The van der Waals surface area contributed by atoms with E-state index in [2.05, 4.69) is 11.4 Å². The highest BCUT2D eigenvalue weighted by molar-refractivity contribution is 6.03. The zero-order chi connectivity index (χ0) is 16.6. The van der Waals surface area contributed by atoms with Gasteiger partial charge in [0, 0.05) is 5.69 Å². The minimum Gasteiger partial charge on any atom is -0.487 e. The second kappa shape index (κ2) is 5.95. The molecule has 0 saturated heterocycles. The summed E-state index contributed by atoms with van der Waals surface area (Å²) >= 11 is 0. The van der Waals surface area contributed by atoms with Crippen LogP contribution in [-0.4, -0.2) is 18.7 Å². The zero-order valence-electron chi connectivity index (χ0n) is 14.0. The van der Waals surface area contributed by atoms with Crippen molar-refractivity contribution in [1.82, 2.24) is 0 Å². The molecule has 23 heavy (non-hydrogen) atoms. The number of hydrogen-bond donors (Lipinski definition) is 1. The second-order valence-corrected chi connectivity index (χ2v) is 6.32. The topological polar surface area (TPSA) is 41.6 Å². The normalized spacial score (nSPS) is 16.5. The minimum absolute atomic E-state index is 0.0322. The van der Waals surface area contributed by atoms with Gasteiger partial charge < -0.3 is 10.1 Å². The van der Waals surface area contributed by atoms with Gasteiger partial charge in [0.2, 0.25) is 0 Å². The number of anilines is 2. The Morgan fingerprint density at radius 3 is 2.48 bits per heavy atom. The molecule has 4 nitrogen and oxygen atoms in total. The number of benzene rings is 2. The average molecular weight is 310 g/mol. The smallest absolute Gasteiger partial charge is 0.326 e. The number of urea groups is 1. The summed E-state index contributed by atoms with van der Waals surface area (Å²) in [5.74, 6) is 0.755. The van der Waals surface area contributed by atoms with Gasteiger partial charge in [-0.3, -0.25) is 4.90 Å². The van der Waals surface area contributed by atoms with Crippen LogP contribution in [0.2, 0.25) is 0 Å². The van der Waals surface area contributed by atoms with E-state index >= 15 is 0 Å². The first kappa shape index (κ1) is 15.4. The van der Waals surface area contributed by atoms with Gasteiger partial charge in [0.15, 0.2) is 0 Å². The average Bonchev–Trinajstić information content (AvgIpc) is 2.45. The van der Waals surface area contributed by atoms with E-state index in [1.165, 1.54) is 0 Å². The third kappa shape index (κ3) is 3.31. The first-order valence-electron chi connectivity index (χ1n) is 7.86. The van der Waals surface area contributed by atoms with Crippen LogP contribution in [0, 0.1) is 20.8 Å². The summed E-state index contributed by atoms with van der Waals surface area (Å²) in [4.78, 5) is 14.5. The SMILES string of the molecule is Cc1cc(C)cc(NC(=O)N2CC(C)Oc3ccc(C)cc32)c1. The summed E-state index contributed by atoms with van der Waals surface area (Å²) in [5.41, 5.74) is 5.01.